The fourth-order valence-electron chi connectivity index (χ4n) is 11.5. The zero-order valence-electron chi connectivity index (χ0n) is 44.9. The number of nitrogens with zero attached hydrogens (tertiary/aromatic N) is 2. The molecule has 0 aromatic heterocycles. The molecule has 0 saturated carbocycles. The van der Waals surface area contributed by atoms with Crippen LogP contribution in [0.3, 0.4) is 0 Å². The van der Waals surface area contributed by atoms with Gasteiger partial charge in [-0.2, -0.15) is 0 Å². The Hall–Kier alpha value is -5.95. The molecule has 2 aliphatic rings. The van der Waals surface area contributed by atoms with Crippen molar-refractivity contribution in [3.05, 3.63) is 180 Å². The van der Waals surface area contributed by atoms with E-state index in [0.717, 1.165) is 0 Å². The minimum atomic E-state index is -2.23. The average molecular weight is 952 g/mol. The Morgan fingerprint density at radius 2 is 0.486 bits per heavy atom. The first-order valence-corrected chi connectivity index (χ1v) is 31.7. The van der Waals surface area contributed by atoms with Gasteiger partial charge in [0.15, 0.2) is 0 Å². The number of benzene rings is 8. The fraction of sp³-hybridized carbons (Fsp3) is 0.303. The van der Waals surface area contributed by atoms with Crippen LogP contribution in [0.25, 0.3) is 33.0 Å². The molecule has 0 bridgehead atoms. The molecule has 0 atom stereocenters. The number of rotatable bonds is 6. The standard InChI is InChI=1S/C66H74N2Si2/c1-63(2,3)43-17-25-47(26-18-43)67(48-27-19-44(20-28-48)64(4,5)6)51-33-35-53-55-37-38-56-54-36-34-52(42-60(54)70(15,16)58-40-39-57(61(55)62(56)58)69(13,14)59(53)41-51)68(49-29-21-45(22-30-49)65(7,8)9)50-31-23-46(24-32-50)66(10,11)12/h17-42H,1-16H3. The molecule has 0 spiro atoms. The molecule has 2 nitrogen and oxygen atoms in total. The van der Waals surface area contributed by atoms with Gasteiger partial charge in [-0.1, -0.05) is 194 Å². The van der Waals surface area contributed by atoms with Crippen LogP contribution in [0, 0.1) is 0 Å². The van der Waals surface area contributed by atoms with Crippen LogP contribution in [0.4, 0.5) is 34.1 Å². The monoisotopic (exact) mass is 951 g/mol. The van der Waals surface area contributed by atoms with Crippen molar-refractivity contribution in [2.24, 2.45) is 0 Å². The summed E-state index contributed by atoms with van der Waals surface area (Å²) < 4.78 is 0. The van der Waals surface area contributed by atoms with E-state index in [9.17, 15) is 0 Å². The van der Waals surface area contributed by atoms with E-state index < -0.39 is 16.1 Å². The van der Waals surface area contributed by atoms with E-state index in [-0.39, 0.29) is 21.7 Å². The molecule has 0 N–H and O–H groups in total. The van der Waals surface area contributed by atoms with Crippen LogP contribution < -0.4 is 30.5 Å². The zero-order chi connectivity index (χ0) is 50.1. The summed E-state index contributed by atoms with van der Waals surface area (Å²) in [5, 5.41) is 9.11. The molecule has 10 rings (SSSR count). The third-order valence-electron chi connectivity index (χ3n) is 15.9. The number of anilines is 6. The molecule has 8 aromatic rings. The summed E-state index contributed by atoms with van der Waals surface area (Å²) in [6.07, 6.45) is 0. The van der Waals surface area contributed by atoms with E-state index in [2.05, 4.69) is 277 Å². The van der Waals surface area contributed by atoms with Crippen LogP contribution in [0.5, 0.6) is 0 Å². The molecular formula is C66H74N2Si2. The first kappa shape index (κ1) is 47.7. The van der Waals surface area contributed by atoms with Gasteiger partial charge in [0.25, 0.3) is 0 Å². The van der Waals surface area contributed by atoms with Gasteiger partial charge in [0.1, 0.15) is 16.1 Å². The molecular weight excluding hydrogens is 877 g/mol. The van der Waals surface area contributed by atoms with Crippen molar-refractivity contribution in [2.45, 2.75) is 131 Å². The predicted molar refractivity (Wildman–Crippen MR) is 312 cm³/mol. The zero-order valence-corrected chi connectivity index (χ0v) is 46.9. The largest absolute Gasteiger partial charge is 0.311 e. The smallest absolute Gasteiger partial charge is 0.113 e. The fourth-order valence-corrected chi connectivity index (χ4v) is 17.6. The highest BCUT2D eigenvalue weighted by Crippen LogP contribution is 2.45. The molecule has 4 heteroatoms. The van der Waals surface area contributed by atoms with E-state index >= 15 is 0 Å². The van der Waals surface area contributed by atoms with Crippen molar-refractivity contribution in [2.75, 3.05) is 9.80 Å². The second-order valence-corrected chi connectivity index (χ2v) is 34.3. The first-order chi connectivity index (χ1) is 32.7. The molecule has 0 fully saturated rings. The summed E-state index contributed by atoms with van der Waals surface area (Å²) in [6, 6.07) is 61.9. The Kier molecular flexibility index (Phi) is 11.1. The summed E-state index contributed by atoms with van der Waals surface area (Å²) in [7, 11) is -4.46. The van der Waals surface area contributed by atoms with Gasteiger partial charge in [-0.25, -0.2) is 0 Å². The van der Waals surface area contributed by atoms with Gasteiger partial charge in [-0.3, -0.25) is 0 Å². The molecule has 2 heterocycles. The van der Waals surface area contributed by atoms with E-state index in [1.54, 1.807) is 10.4 Å². The SMILES string of the molecule is CC(C)(C)c1ccc(N(c2ccc(C(C)(C)C)cc2)c2ccc3c(c2)[Si](C)(C)c2ccc4c5c(ccc-3c25)-c2ccc(N(c3ccc(C(C)(C)C)cc3)c3ccc(C(C)(C)C)cc3)cc2[Si]4(C)C)cc1. The van der Waals surface area contributed by atoms with Crippen molar-refractivity contribution < 1.29 is 0 Å². The molecule has 70 heavy (non-hydrogen) atoms. The molecule has 0 amide bonds. The van der Waals surface area contributed by atoms with Crippen LogP contribution in [0.1, 0.15) is 105 Å². The van der Waals surface area contributed by atoms with Gasteiger partial charge in [0, 0.05) is 34.1 Å². The third kappa shape index (κ3) is 8.00. The molecule has 8 aromatic carbocycles. The second kappa shape index (κ2) is 16.3. The topological polar surface area (TPSA) is 6.48 Å². The van der Waals surface area contributed by atoms with Crippen LogP contribution in [-0.2, 0) is 21.7 Å². The summed E-state index contributed by atoms with van der Waals surface area (Å²) in [6.45, 7) is 37.9. The maximum atomic E-state index is 2.59. The number of hydrogen-bond acceptors (Lipinski definition) is 2. The average Bonchev–Trinajstić information content (AvgIpc) is 3.30. The van der Waals surface area contributed by atoms with Gasteiger partial charge >= 0.3 is 0 Å². The third-order valence-corrected chi connectivity index (χ3v) is 23.0. The minimum absolute atomic E-state index is 0.0798. The number of hydrogen-bond donors (Lipinski definition) is 0. The molecule has 2 aliphatic heterocycles. The van der Waals surface area contributed by atoms with Crippen molar-refractivity contribution in [1.82, 2.24) is 0 Å². The molecule has 0 unspecified atom stereocenters. The lowest BCUT2D eigenvalue weighted by Gasteiger charge is -2.40. The first-order valence-electron chi connectivity index (χ1n) is 25.7. The van der Waals surface area contributed by atoms with Crippen molar-refractivity contribution in [1.29, 1.82) is 0 Å². The highest BCUT2D eigenvalue weighted by atomic mass is 28.3. The maximum absolute atomic E-state index is 2.59. The van der Waals surface area contributed by atoms with E-state index in [1.807, 2.05) is 0 Å². The predicted octanol–water partition coefficient (Wildman–Crippen LogP) is 16.6. The number of fused-ring (bicyclic) bond motifs is 4. The lowest BCUT2D eigenvalue weighted by molar-refractivity contribution is 0.590. The van der Waals surface area contributed by atoms with E-state index in [1.165, 1.54) is 99.8 Å². The summed E-state index contributed by atoms with van der Waals surface area (Å²) in [5.74, 6) is 0. The van der Waals surface area contributed by atoms with Crippen LogP contribution in [-0.4, -0.2) is 16.1 Å². The Balaban J connectivity index is 1.10. The lowest BCUT2D eigenvalue weighted by atomic mass is 9.86. The van der Waals surface area contributed by atoms with Gasteiger partial charge in [-0.15, -0.1) is 0 Å². The maximum Gasteiger partial charge on any atom is 0.113 e. The quantitative estimate of drug-likeness (QED) is 0.153. The molecule has 0 radical (unpaired) electrons. The summed E-state index contributed by atoms with van der Waals surface area (Å²) in [4.78, 5) is 4.95. The Morgan fingerprint density at radius 1 is 0.257 bits per heavy atom. The van der Waals surface area contributed by atoms with Gasteiger partial charge < -0.3 is 9.80 Å². The Labute approximate surface area is 422 Å². The van der Waals surface area contributed by atoms with Gasteiger partial charge in [-0.05, 0) is 170 Å². The molecule has 0 saturated heterocycles. The van der Waals surface area contributed by atoms with Crippen LogP contribution in [0.15, 0.2) is 158 Å². The Bertz CT molecular complexity index is 2970. The van der Waals surface area contributed by atoms with Gasteiger partial charge in [0.2, 0.25) is 0 Å². The highest BCUT2D eigenvalue weighted by molar-refractivity contribution is 7.05. The Morgan fingerprint density at radius 3 is 0.729 bits per heavy atom. The van der Waals surface area contributed by atoms with Crippen molar-refractivity contribution >= 4 is 81.8 Å². The summed E-state index contributed by atoms with van der Waals surface area (Å²) >= 11 is 0. The molecule has 356 valence electrons. The lowest BCUT2D eigenvalue weighted by Crippen LogP contribution is -2.59. The molecule has 0 aliphatic carbocycles. The van der Waals surface area contributed by atoms with E-state index in [0.29, 0.717) is 0 Å². The van der Waals surface area contributed by atoms with E-state index in [4.69, 9.17) is 0 Å². The van der Waals surface area contributed by atoms with Crippen LogP contribution in [0.2, 0.25) is 26.2 Å². The van der Waals surface area contributed by atoms with Crippen molar-refractivity contribution in [3.8, 4) is 22.3 Å². The minimum Gasteiger partial charge on any atom is -0.311 e. The highest BCUT2D eigenvalue weighted by Gasteiger charge is 2.42. The summed E-state index contributed by atoms with van der Waals surface area (Å²) in [5.41, 5.74) is 18.4. The normalized spacial score (nSPS) is 14.8. The van der Waals surface area contributed by atoms with Gasteiger partial charge in [0.05, 0.1) is 0 Å². The second-order valence-electron chi connectivity index (χ2n) is 25.6. The van der Waals surface area contributed by atoms with Crippen molar-refractivity contribution in [3.63, 3.8) is 0 Å². The van der Waals surface area contributed by atoms with Crippen LogP contribution >= 0.6 is 0 Å².